The van der Waals surface area contributed by atoms with Gasteiger partial charge in [-0.2, -0.15) is 0 Å². The van der Waals surface area contributed by atoms with Crippen LogP contribution >= 0.6 is 0 Å². The smallest absolute Gasteiger partial charge is 0.222 e. The third-order valence-corrected chi connectivity index (χ3v) is 5.42. The van der Waals surface area contributed by atoms with E-state index in [0.717, 1.165) is 37.7 Å². The zero-order valence-electron chi connectivity index (χ0n) is 14.8. The number of fused-ring (bicyclic) bond motifs is 1. The van der Waals surface area contributed by atoms with E-state index in [2.05, 4.69) is 55.2 Å². The van der Waals surface area contributed by atoms with Crippen LogP contribution in [0, 0.1) is 5.41 Å². The number of hydrogen-bond donors (Lipinski definition) is 0. The fourth-order valence-electron chi connectivity index (χ4n) is 4.26. The van der Waals surface area contributed by atoms with Crippen LogP contribution in [0.1, 0.15) is 68.4 Å². The second-order valence-corrected chi connectivity index (χ2v) is 8.23. The minimum atomic E-state index is 0.0835. The summed E-state index contributed by atoms with van der Waals surface area (Å²) in [6.07, 6.45) is 4.30. The first-order chi connectivity index (χ1) is 11.5. The summed E-state index contributed by atoms with van der Waals surface area (Å²) in [5, 5.41) is 8.70. The Bertz CT molecular complexity index is 716. The molecule has 1 aromatic carbocycles. The van der Waals surface area contributed by atoms with Gasteiger partial charge in [0.15, 0.2) is 0 Å². The van der Waals surface area contributed by atoms with Gasteiger partial charge in [0, 0.05) is 13.0 Å². The Hall–Kier alpha value is -1.68. The van der Waals surface area contributed by atoms with Crippen LogP contribution in [-0.2, 0) is 17.6 Å². The molecule has 24 heavy (non-hydrogen) atoms. The molecule has 0 N–H and O–H groups in total. The summed E-state index contributed by atoms with van der Waals surface area (Å²) in [7, 11) is 0. The third-order valence-electron chi connectivity index (χ3n) is 5.42. The molecule has 2 heterocycles. The lowest BCUT2D eigenvalue weighted by Gasteiger charge is -2.29. The van der Waals surface area contributed by atoms with Gasteiger partial charge in [-0.3, -0.25) is 0 Å². The van der Waals surface area contributed by atoms with Crippen molar-refractivity contribution in [2.75, 3.05) is 6.61 Å². The molecule has 1 aromatic heterocycles. The number of aryl methyl sites for hydroxylation is 1. The fraction of sp³-hybridized carbons (Fsp3) is 0.600. The number of ether oxygens (including phenoxy) is 1. The Labute approximate surface area is 143 Å². The summed E-state index contributed by atoms with van der Waals surface area (Å²) in [5.74, 6) is 2.26. The van der Waals surface area contributed by atoms with E-state index in [-0.39, 0.29) is 17.4 Å². The first-order valence-electron chi connectivity index (χ1n) is 9.04. The van der Waals surface area contributed by atoms with E-state index in [1.54, 1.807) is 0 Å². The third kappa shape index (κ3) is 2.88. The predicted molar refractivity (Wildman–Crippen MR) is 92.1 cm³/mol. The Balaban J connectivity index is 1.50. The maximum Gasteiger partial charge on any atom is 0.222 e. The van der Waals surface area contributed by atoms with Crippen LogP contribution in [0.15, 0.2) is 28.7 Å². The summed E-state index contributed by atoms with van der Waals surface area (Å²) in [4.78, 5) is 0. The normalized spacial score (nSPS) is 26.7. The summed E-state index contributed by atoms with van der Waals surface area (Å²) in [5.41, 5.74) is 3.01. The van der Waals surface area contributed by atoms with E-state index >= 15 is 0 Å². The first kappa shape index (κ1) is 15.8. The van der Waals surface area contributed by atoms with Crippen LogP contribution in [0.4, 0.5) is 0 Å². The molecular weight excluding hydrogens is 300 g/mol. The van der Waals surface area contributed by atoms with Gasteiger partial charge in [0.25, 0.3) is 0 Å². The minimum absolute atomic E-state index is 0.0835. The molecule has 4 heteroatoms. The molecule has 0 bridgehead atoms. The second-order valence-electron chi connectivity index (χ2n) is 8.23. The molecule has 1 unspecified atom stereocenters. The van der Waals surface area contributed by atoms with E-state index in [0.29, 0.717) is 5.92 Å². The molecular formula is C20H26N2O2. The predicted octanol–water partition coefficient (Wildman–Crippen LogP) is 4.26. The fourth-order valence-corrected chi connectivity index (χ4v) is 4.26. The average molecular weight is 326 g/mol. The van der Waals surface area contributed by atoms with Crippen LogP contribution in [0.25, 0.3) is 0 Å². The molecule has 0 amide bonds. The van der Waals surface area contributed by atoms with Crippen molar-refractivity contribution < 1.29 is 9.15 Å². The molecule has 3 atom stereocenters. The summed E-state index contributed by atoms with van der Waals surface area (Å²) in [6, 6.07) is 8.72. The second kappa shape index (κ2) is 5.99. The van der Waals surface area contributed by atoms with Crippen molar-refractivity contribution in [3.8, 4) is 0 Å². The molecule has 2 aromatic rings. The largest absolute Gasteiger partial charge is 0.425 e. The van der Waals surface area contributed by atoms with Gasteiger partial charge in [-0.15, -0.1) is 10.2 Å². The Morgan fingerprint density at radius 3 is 2.79 bits per heavy atom. The van der Waals surface area contributed by atoms with Crippen molar-refractivity contribution in [2.45, 2.75) is 64.4 Å². The van der Waals surface area contributed by atoms with Gasteiger partial charge >= 0.3 is 0 Å². The molecule has 0 saturated carbocycles. The Morgan fingerprint density at radius 1 is 1.12 bits per heavy atom. The van der Waals surface area contributed by atoms with E-state index in [4.69, 9.17) is 9.15 Å². The zero-order chi connectivity index (χ0) is 16.7. The lowest BCUT2D eigenvalue weighted by atomic mass is 9.81. The maximum atomic E-state index is 6.07. The molecule has 1 aliphatic carbocycles. The van der Waals surface area contributed by atoms with Gasteiger partial charge in [-0.25, -0.2) is 0 Å². The van der Waals surface area contributed by atoms with Crippen LogP contribution in [0.3, 0.4) is 0 Å². The lowest BCUT2D eigenvalue weighted by Crippen LogP contribution is -2.30. The molecule has 4 nitrogen and oxygen atoms in total. The highest BCUT2D eigenvalue weighted by Crippen LogP contribution is 2.41. The topological polar surface area (TPSA) is 48.2 Å². The van der Waals surface area contributed by atoms with Crippen LogP contribution < -0.4 is 0 Å². The molecule has 0 radical (unpaired) electrons. The SMILES string of the molecule is CC(C)(C)[C@H]1OCC[C@@H]1c1nnc(CC2CCc3ccccc32)o1. The van der Waals surface area contributed by atoms with Crippen molar-refractivity contribution in [1.29, 1.82) is 0 Å². The Morgan fingerprint density at radius 2 is 1.96 bits per heavy atom. The number of rotatable bonds is 3. The monoisotopic (exact) mass is 326 g/mol. The number of hydrogen-bond acceptors (Lipinski definition) is 4. The van der Waals surface area contributed by atoms with Crippen molar-refractivity contribution in [1.82, 2.24) is 10.2 Å². The van der Waals surface area contributed by atoms with Gasteiger partial charge in [0.2, 0.25) is 11.8 Å². The maximum absolute atomic E-state index is 6.07. The standard InChI is InChI=1S/C20H26N2O2/c1-20(2,3)18-16(10-11-23-18)19-22-21-17(24-19)12-14-9-8-13-6-4-5-7-15(13)14/h4-7,14,16,18H,8-12H2,1-3H3/t14?,16-,18-/m0/s1. The van der Waals surface area contributed by atoms with Gasteiger partial charge < -0.3 is 9.15 Å². The van der Waals surface area contributed by atoms with Crippen LogP contribution in [0.2, 0.25) is 0 Å². The quantitative estimate of drug-likeness (QED) is 0.845. The molecule has 128 valence electrons. The first-order valence-corrected chi connectivity index (χ1v) is 9.04. The average Bonchev–Trinajstić information content (AvgIpc) is 3.25. The van der Waals surface area contributed by atoms with E-state index in [9.17, 15) is 0 Å². The molecule has 0 spiro atoms. The zero-order valence-corrected chi connectivity index (χ0v) is 14.8. The summed E-state index contributed by atoms with van der Waals surface area (Å²) < 4.78 is 12.0. The molecule has 2 aliphatic rings. The highest BCUT2D eigenvalue weighted by Gasteiger charge is 2.41. The Kier molecular flexibility index (Phi) is 3.95. The van der Waals surface area contributed by atoms with Crippen molar-refractivity contribution in [2.24, 2.45) is 5.41 Å². The van der Waals surface area contributed by atoms with Gasteiger partial charge in [-0.1, -0.05) is 45.0 Å². The van der Waals surface area contributed by atoms with Crippen molar-refractivity contribution >= 4 is 0 Å². The van der Waals surface area contributed by atoms with Crippen LogP contribution in [0.5, 0.6) is 0 Å². The van der Waals surface area contributed by atoms with Crippen molar-refractivity contribution in [3.63, 3.8) is 0 Å². The van der Waals surface area contributed by atoms with Crippen molar-refractivity contribution in [3.05, 3.63) is 47.2 Å². The van der Waals surface area contributed by atoms with Gasteiger partial charge in [0.05, 0.1) is 12.0 Å². The van der Waals surface area contributed by atoms with Gasteiger partial charge in [0.1, 0.15) is 0 Å². The summed E-state index contributed by atoms with van der Waals surface area (Å²) >= 11 is 0. The van der Waals surface area contributed by atoms with E-state index in [1.165, 1.54) is 17.5 Å². The van der Waals surface area contributed by atoms with Crippen LogP contribution in [-0.4, -0.2) is 22.9 Å². The molecule has 1 saturated heterocycles. The number of benzene rings is 1. The highest BCUT2D eigenvalue weighted by molar-refractivity contribution is 5.35. The molecule has 1 aliphatic heterocycles. The molecule has 4 rings (SSSR count). The van der Waals surface area contributed by atoms with E-state index in [1.807, 2.05) is 0 Å². The van der Waals surface area contributed by atoms with Gasteiger partial charge in [-0.05, 0) is 41.7 Å². The highest BCUT2D eigenvalue weighted by atomic mass is 16.5. The molecule has 1 fully saturated rings. The van der Waals surface area contributed by atoms with E-state index < -0.39 is 0 Å². The summed E-state index contributed by atoms with van der Waals surface area (Å²) in [6.45, 7) is 7.41. The lowest BCUT2D eigenvalue weighted by molar-refractivity contribution is 0.0170. The number of nitrogens with zero attached hydrogens (tertiary/aromatic N) is 2. The minimum Gasteiger partial charge on any atom is -0.425 e. The number of aromatic nitrogens is 2.